The zero-order chi connectivity index (χ0) is 6.53. The molecular weight excluding hydrogens is 134 g/mol. The molecule has 2 nitrogen and oxygen atoms in total. The second kappa shape index (κ2) is 3.58. The van der Waals surface area contributed by atoms with Crippen molar-refractivity contribution in [2.75, 3.05) is 6.26 Å². The summed E-state index contributed by atoms with van der Waals surface area (Å²) in [5.74, 6) is 0.976. The molecule has 0 radical (unpaired) electrons. The van der Waals surface area contributed by atoms with Crippen LogP contribution < -0.4 is 4.72 Å². The van der Waals surface area contributed by atoms with E-state index in [1.54, 1.807) is 18.2 Å². The van der Waals surface area contributed by atoms with Crippen molar-refractivity contribution >= 4 is 11.9 Å². The minimum atomic E-state index is 0.800. The Bertz CT molecular complexity index is 150. The molecule has 0 bridgehead atoms. The van der Waals surface area contributed by atoms with Crippen LogP contribution in [0.25, 0.3) is 0 Å². The Morgan fingerprint density at radius 1 is 1.78 bits per heavy atom. The Kier molecular flexibility index (Phi) is 2.67. The first-order valence-corrected chi connectivity index (χ1v) is 3.94. The highest BCUT2D eigenvalue weighted by molar-refractivity contribution is 7.96. The Hall–Kier alpha value is -0.410. The molecular formula is C6H9NOS. The Morgan fingerprint density at radius 3 is 3.22 bits per heavy atom. The molecule has 1 aromatic heterocycles. The maximum Gasteiger partial charge on any atom is 0.118 e. The summed E-state index contributed by atoms with van der Waals surface area (Å²) < 4.78 is 8.13. The van der Waals surface area contributed by atoms with Crippen molar-refractivity contribution < 1.29 is 4.42 Å². The SMILES string of the molecule is CSNCc1ccco1. The fourth-order valence-corrected chi connectivity index (χ4v) is 0.843. The third-order valence-corrected chi connectivity index (χ3v) is 1.40. The van der Waals surface area contributed by atoms with Crippen LogP contribution in [0, 0.1) is 0 Å². The fourth-order valence-electron chi connectivity index (χ4n) is 0.556. The third kappa shape index (κ3) is 2.11. The van der Waals surface area contributed by atoms with Crippen LogP contribution in [0.15, 0.2) is 22.8 Å². The number of nitrogens with one attached hydrogen (secondary N) is 1. The van der Waals surface area contributed by atoms with Crippen LogP contribution in [0.4, 0.5) is 0 Å². The van der Waals surface area contributed by atoms with E-state index in [0.29, 0.717) is 0 Å². The van der Waals surface area contributed by atoms with Crippen molar-refractivity contribution in [2.45, 2.75) is 6.54 Å². The zero-order valence-corrected chi connectivity index (χ0v) is 6.07. The van der Waals surface area contributed by atoms with Crippen molar-refractivity contribution in [3.8, 4) is 0 Å². The van der Waals surface area contributed by atoms with E-state index in [0.717, 1.165) is 12.3 Å². The van der Waals surface area contributed by atoms with Gasteiger partial charge in [-0.15, -0.1) is 0 Å². The summed E-state index contributed by atoms with van der Waals surface area (Å²) in [7, 11) is 0. The molecule has 9 heavy (non-hydrogen) atoms. The van der Waals surface area contributed by atoms with Gasteiger partial charge in [0.15, 0.2) is 0 Å². The second-order valence-electron chi connectivity index (χ2n) is 1.60. The van der Waals surface area contributed by atoms with Gasteiger partial charge in [-0.05, 0) is 18.4 Å². The molecule has 0 aromatic carbocycles. The average Bonchev–Trinajstić information content (AvgIpc) is 2.34. The molecule has 0 atom stereocenters. The van der Waals surface area contributed by atoms with Crippen molar-refractivity contribution in [1.82, 2.24) is 4.72 Å². The smallest absolute Gasteiger partial charge is 0.118 e. The number of furan rings is 1. The first-order chi connectivity index (χ1) is 4.43. The van der Waals surface area contributed by atoms with Crippen molar-refractivity contribution in [2.24, 2.45) is 0 Å². The Morgan fingerprint density at radius 2 is 2.67 bits per heavy atom. The highest BCUT2D eigenvalue weighted by Gasteiger charge is 1.90. The minimum absolute atomic E-state index is 0.800. The van der Waals surface area contributed by atoms with Crippen molar-refractivity contribution in [3.05, 3.63) is 24.2 Å². The minimum Gasteiger partial charge on any atom is -0.468 e. The van der Waals surface area contributed by atoms with Crippen LogP contribution in [0.5, 0.6) is 0 Å². The molecule has 0 saturated heterocycles. The third-order valence-electron chi connectivity index (χ3n) is 0.971. The van der Waals surface area contributed by atoms with E-state index >= 15 is 0 Å². The van der Waals surface area contributed by atoms with E-state index in [2.05, 4.69) is 4.72 Å². The van der Waals surface area contributed by atoms with E-state index < -0.39 is 0 Å². The van der Waals surface area contributed by atoms with Crippen LogP contribution >= 0.6 is 11.9 Å². The predicted molar refractivity (Wildman–Crippen MR) is 39.1 cm³/mol. The zero-order valence-electron chi connectivity index (χ0n) is 5.26. The Balaban J connectivity index is 2.30. The molecule has 1 heterocycles. The summed E-state index contributed by atoms with van der Waals surface area (Å²) in [6.45, 7) is 0.800. The first kappa shape index (κ1) is 6.71. The first-order valence-electron chi connectivity index (χ1n) is 2.71. The molecule has 0 aliphatic carbocycles. The van der Waals surface area contributed by atoms with Gasteiger partial charge in [0.1, 0.15) is 5.76 Å². The standard InChI is InChI=1S/C6H9NOS/c1-9-7-5-6-3-2-4-8-6/h2-4,7H,5H2,1H3. The molecule has 0 aliphatic heterocycles. The van der Waals surface area contributed by atoms with Crippen LogP contribution in [-0.4, -0.2) is 6.26 Å². The number of rotatable bonds is 3. The van der Waals surface area contributed by atoms with Crippen molar-refractivity contribution in [1.29, 1.82) is 0 Å². The van der Waals surface area contributed by atoms with Crippen molar-refractivity contribution in [3.63, 3.8) is 0 Å². The van der Waals surface area contributed by atoms with Crippen LogP contribution in [0.2, 0.25) is 0 Å². The fraction of sp³-hybridized carbons (Fsp3) is 0.333. The molecule has 50 valence electrons. The van der Waals surface area contributed by atoms with Gasteiger partial charge < -0.3 is 4.42 Å². The van der Waals surface area contributed by atoms with Gasteiger partial charge in [0.2, 0.25) is 0 Å². The van der Waals surface area contributed by atoms with Crippen LogP contribution in [0.3, 0.4) is 0 Å². The molecule has 1 aromatic rings. The maximum atomic E-state index is 5.06. The number of hydrogen-bond acceptors (Lipinski definition) is 3. The average molecular weight is 143 g/mol. The summed E-state index contributed by atoms with van der Waals surface area (Å²) in [6.07, 6.45) is 3.67. The Labute approximate surface area is 58.8 Å². The molecule has 1 rings (SSSR count). The topological polar surface area (TPSA) is 25.2 Å². The van der Waals surface area contributed by atoms with E-state index in [1.165, 1.54) is 0 Å². The highest BCUT2D eigenvalue weighted by atomic mass is 32.2. The van der Waals surface area contributed by atoms with E-state index in [4.69, 9.17) is 4.42 Å². The summed E-state index contributed by atoms with van der Waals surface area (Å²) in [5, 5.41) is 0. The molecule has 3 heteroatoms. The molecule has 0 saturated carbocycles. The van der Waals surface area contributed by atoms with Gasteiger partial charge in [0.25, 0.3) is 0 Å². The van der Waals surface area contributed by atoms with Crippen LogP contribution in [-0.2, 0) is 6.54 Å². The summed E-state index contributed by atoms with van der Waals surface area (Å²) in [6, 6.07) is 3.83. The van der Waals surface area contributed by atoms with E-state index in [-0.39, 0.29) is 0 Å². The summed E-state index contributed by atoms with van der Waals surface area (Å²) in [5.41, 5.74) is 0. The maximum absolute atomic E-state index is 5.06. The van der Waals surface area contributed by atoms with Gasteiger partial charge in [0, 0.05) is 0 Å². The second-order valence-corrected chi connectivity index (χ2v) is 2.30. The van der Waals surface area contributed by atoms with Crippen LogP contribution in [0.1, 0.15) is 5.76 Å². The van der Waals surface area contributed by atoms with Gasteiger partial charge in [-0.3, -0.25) is 4.72 Å². The monoisotopic (exact) mass is 143 g/mol. The highest BCUT2D eigenvalue weighted by Crippen LogP contribution is 1.99. The lowest BCUT2D eigenvalue weighted by Crippen LogP contribution is -1.99. The summed E-state index contributed by atoms with van der Waals surface area (Å²) >= 11 is 1.59. The quantitative estimate of drug-likeness (QED) is 0.651. The predicted octanol–water partition coefficient (Wildman–Crippen LogP) is 1.65. The van der Waals surface area contributed by atoms with Gasteiger partial charge in [-0.25, -0.2) is 0 Å². The van der Waals surface area contributed by atoms with E-state index in [9.17, 15) is 0 Å². The lowest BCUT2D eigenvalue weighted by atomic mass is 10.5. The van der Waals surface area contributed by atoms with Gasteiger partial charge in [0.05, 0.1) is 12.8 Å². The van der Waals surface area contributed by atoms with E-state index in [1.807, 2.05) is 18.4 Å². The molecule has 0 aliphatic rings. The molecule has 1 N–H and O–H groups in total. The van der Waals surface area contributed by atoms with Gasteiger partial charge in [-0.1, -0.05) is 11.9 Å². The van der Waals surface area contributed by atoms with Gasteiger partial charge in [-0.2, -0.15) is 0 Å². The normalized spacial score (nSPS) is 9.89. The number of hydrogen-bond donors (Lipinski definition) is 1. The lowest BCUT2D eigenvalue weighted by molar-refractivity contribution is 0.507. The molecule has 0 unspecified atom stereocenters. The largest absolute Gasteiger partial charge is 0.468 e. The van der Waals surface area contributed by atoms with Gasteiger partial charge >= 0.3 is 0 Å². The summed E-state index contributed by atoms with van der Waals surface area (Å²) in [4.78, 5) is 0. The molecule has 0 amide bonds. The lowest BCUT2D eigenvalue weighted by Gasteiger charge is -1.93. The molecule has 0 fully saturated rings. The molecule has 0 spiro atoms.